The van der Waals surface area contributed by atoms with E-state index in [4.69, 9.17) is 0 Å². The minimum absolute atomic E-state index is 0.0227. The van der Waals surface area contributed by atoms with E-state index in [-0.39, 0.29) is 24.4 Å². The molecule has 2 aromatic carbocycles. The van der Waals surface area contributed by atoms with Gasteiger partial charge in [-0.2, -0.15) is 0 Å². The average molecular weight is 385 g/mol. The molecule has 6 heteroatoms. The zero-order valence-electron chi connectivity index (χ0n) is 16.6. The van der Waals surface area contributed by atoms with Gasteiger partial charge in [0.2, 0.25) is 11.8 Å². The van der Waals surface area contributed by atoms with E-state index in [2.05, 4.69) is 17.6 Å². The zero-order chi connectivity index (χ0) is 20.5. The number of carbonyl (C=O) groups excluding carboxylic acids is 2. The summed E-state index contributed by atoms with van der Waals surface area (Å²) in [6.07, 6.45) is 1.78. The molecule has 150 valence electrons. The van der Waals surface area contributed by atoms with Gasteiger partial charge in [0.15, 0.2) is 0 Å². The fraction of sp³-hybridized carbons (Fsp3) is 0.364. The van der Waals surface area contributed by atoms with Crippen LogP contribution in [0.25, 0.3) is 0 Å². The Labute approximate surface area is 165 Å². The molecule has 0 radical (unpaired) electrons. The summed E-state index contributed by atoms with van der Waals surface area (Å²) >= 11 is 0. The van der Waals surface area contributed by atoms with Crippen LogP contribution < -0.4 is 10.6 Å². The van der Waals surface area contributed by atoms with Gasteiger partial charge in [0, 0.05) is 5.69 Å². The predicted molar refractivity (Wildman–Crippen MR) is 109 cm³/mol. The van der Waals surface area contributed by atoms with Crippen molar-refractivity contribution in [3.8, 4) is 0 Å². The third kappa shape index (κ3) is 6.46. The van der Waals surface area contributed by atoms with Crippen molar-refractivity contribution in [2.24, 2.45) is 0 Å². The molecular weight excluding hydrogens is 357 g/mol. The maximum atomic E-state index is 13.2. The second-order valence-electron chi connectivity index (χ2n) is 6.91. The highest BCUT2D eigenvalue weighted by atomic mass is 19.1. The zero-order valence-corrected chi connectivity index (χ0v) is 16.6. The van der Waals surface area contributed by atoms with Crippen molar-refractivity contribution in [1.29, 1.82) is 0 Å². The van der Waals surface area contributed by atoms with Gasteiger partial charge in [0.25, 0.3) is 0 Å². The van der Waals surface area contributed by atoms with Crippen LogP contribution in [0.4, 0.5) is 10.1 Å². The Hall–Kier alpha value is -2.73. The lowest BCUT2D eigenvalue weighted by Gasteiger charge is -2.26. The second-order valence-corrected chi connectivity index (χ2v) is 6.91. The number of halogens is 1. The summed E-state index contributed by atoms with van der Waals surface area (Å²) in [5.41, 5.74) is 1.46. The summed E-state index contributed by atoms with van der Waals surface area (Å²) in [4.78, 5) is 26.6. The molecule has 0 aromatic heterocycles. The van der Waals surface area contributed by atoms with E-state index < -0.39 is 11.9 Å². The van der Waals surface area contributed by atoms with Crippen molar-refractivity contribution in [3.05, 3.63) is 66.0 Å². The van der Waals surface area contributed by atoms with Gasteiger partial charge in [-0.15, -0.1) is 0 Å². The normalized spacial score (nSPS) is 13.0. The van der Waals surface area contributed by atoms with Crippen molar-refractivity contribution in [3.63, 3.8) is 0 Å². The van der Waals surface area contributed by atoms with E-state index in [9.17, 15) is 14.0 Å². The summed E-state index contributed by atoms with van der Waals surface area (Å²) < 4.78 is 13.2. The van der Waals surface area contributed by atoms with Crippen LogP contribution in [0.5, 0.6) is 0 Å². The van der Waals surface area contributed by atoms with Gasteiger partial charge < -0.3 is 10.6 Å². The summed E-state index contributed by atoms with van der Waals surface area (Å²) in [7, 11) is 1.72. The molecule has 0 spiro atoms. The van der Waals surface area contributed by atoms with Gasteiger partial charge in [0.1, 0.15) is 5.82 Å². The van der Waals surface area contributed by atoms with Crippen molar-refractivity contribution in [1.82, 2.24) is 10.2 Å². The number of nitrogens with one attached hydrogen (secondary N) is 2. The Morgan fingerprint density at radius 3 is 2.46 bits per heavy atom. The molecule has 0 heterocycles. The van der Waals surface area contributed by atoms with Crippen molar-refractivity contribution < 1.29 is 14.0 Å². The monoisotopic (exact) mass is 385 g/mol. The molecule has 2 amide bonds. The predicted octanol–water partition coefficient (Wildman–Crippen LogP) is 3.74. The Kier molecular flexibility index (Phi) is 8.14. The minimum atomic E-state index is -0.485. The summed E-state index contributed by atoms with van der Waals surface area (Å²) in [5.74, 6) is -0.856. The first-order valence-electron chi connectivity index (χ1n) is 9.51. The van der Waals surface area contributed by atoms with E-state index >= 15 is 0 Å². The maximum absolute atomic E-state index is 13.2. The lowest BCUT2D eigenvalue weighted by atomic mass is 10.0. The number of likely N-dealkylation sites (N-methyl/N-ethyl adjacent to an activating group) is 1. The molecule has 0 unspecified atom stereocenters. The number of hydrogen-bond acceptors (Lipinski definition) is 3. The average Bonchev–Trinajstić information content (AvgIpc) is 2.67. The lowest BCUT2D eigenvalue weighted by Crippen LogP contribution is -2.46. The molecule has 5 nitrogen and oxygen atoms in total. The van der Waals surface area contributed by atoms with Gasteiger partial charge in [-0.25, -0.2) is 4.39 Å². The molecule has 0 bridgehead atoms. The van der Waals surface area contributed by atoms with Crippen molar-refractivity contribution in [2.75, 3.05) is 18.9 Å². The first kappa shape index (κ1) is 21.6. The SMILES string of the molecule is CCC[C@@H](NC(=O)[C@H](C)N(C)CC(=O)Nc1cccc(F)c1)c1ccccc1. The highest BCUT2D eigenvalue weighted by Crippen LogP contribution is 2.18. The van der Waals surface area contributed by atoms with Crippen LogP contribution in [0.2, 0.25) is 0 Å². The van der Waals surface area contributed by atoms with Crippen LogP contribution >= 0.6 is 0 Å². The third-order valence-corrected chi connectivity index (χ3v) is 4.64. The highest BCUT2D eigenvalue weighted by Gasteiger charge is 2.23. The van der Waals surface area contributed by atoms with Crippen LogP contribution in [-0.4, -0.2) is 36.3 Å². The smallest absolute Gasteiger partial charge is 0.238 e. The van der Waals surface area contributed by atoms with Crippen molar-refractivity contribution in [2.45, 2.75) is 38.8 Å². The lowest BCUT2D eigenvalue weighted by molar-refractivity contribution is -0.127. The van der Waals surface area contributed by atoms with Crippen LogP contribution in [0.1, 0.15) is 38.3 Å². The molecule has 2 rings (SSSR count). The van der Waals surface area contributed by atoms with Gasteiger partial charge in [-0.05, 0) is 44.2 Å². The molecule has 2 aromatic rings. The highest BCUT2D eigenvalue weighted by molar-refractivity contribution is 5.92. The molecule has 2 atom stereocenters. The Bertz CT molecular complexity index is 782. The molecule has 0 fully saturated rings. The van der Waals surface area contributed by atoms with E-state index in [1.165, 1.54) is 18.2 Å². The minimum Gasteiger partial charge on any atom is -0.348 e. The number of anilines is 1. The maximum Gasteiger partial charge on any atom is 0.238 e. The Balaban J connectivity index is 1.92. The van der Waals surface area contributed by atoms with Crippen molar-refractivity contribution >= 4 is 17.5 Å². The van der Waals surface area contributed by atoms with E-state index in [0.29, 0.717) is 5.69 Å². The van der Waals surface area contributed by atoms with Crippen LogP contribution in [-0.2, 0) is 9.59 Å². The summed E-state index contributed by atoms with van der Waals surface area (Å²) in [5, 5.41) is 5.73. The topological polar surface area (TPSA) is 61.4 Å². The number of nitrogens with zero attached hydrogens (tertiary/aromatic N) is 1. The molecule has 2 N–H and O–H groups in total. The van der Waals surface area contributed by atoms with Crippen LogP contribution in [0, 0.1) is 5.82 Å². The standard InChI is InChI=1S/C22H28FN3O2/c1-4-9-20(17-10-6-5-7-11-17)25-22(28)16(2)26(3)15-21(27)24-19-13-8-12-18(23)14-19/h5-8,10-14,16,20H,4,9,15H2,1-3H3,(H,24,27)(H,25,28)/t16-,20+/m0/s1. The number of hydrogen-bond donors (Lipinski definition) is 2. The molecule has 0 aliphatic carbocycles. The molecule has 28 heavy (non-hydrogen) atoms. The van der Waals surface area contributed by atoms with E-state index in [1.807, 2.05) is 30.3 Å². The van der Waals surface area contributed by atoms with Crippen LogP contribution in [0.3, 0.4) is 0 Å². The third-order valence-electron chi connectivity index (χ3n) is 4.64. The number of amides is 2. The molecule has 0 aliphatic heterocycles. The largest absolute Gasteiger partial charge is 0.348 e. The van der Waals surface area contributed by atoms with E-state index in [0.717, 1.165) is 18.4 Å². The first-order chi connectivity index (χ1) is 13.4. The number of carbonyl (C=O) groups is 2. The van der Waals surface area contributed by atoms with E-state index in [1.54, 1.807) is 24.9 Å². The number of benzene rings is 2. The molecule has 0 saturated carbocycles. The fourth-order valence-corrected chi connectivity index (χ4v) is 2.92. The van der Waals surface area contributed by atoms with Gasteiger partial charge >= 0.3 is 0 Å². The quantitative estimate of drug-likeness (QED) is 0.691. The fourth-order valence-electron chi connectivity index (χ4n) is 2.92. The summed E-state index contributed by atoms with van der Waals surface area (Å²) in [6, 6.07) is 15.0. The molecule has 0 aliphatic rings. The van der Waals surface area contributed by atoms with Crippen LogP contribution in [0.15, 0.2) is 54.6 Å². The van der Waals surface area contributed by atoms with Gasteiger partial charge in [-0.1, -0.05) is 49.7 Å². The number of rotatable bonds is 9. The Morgan fingerprint density at radius 2 is 1.82 bits per heavy atom. The van der Waals surface area contributed by atoms with Gasteiger partial charge in [0.05, 0.1) is 18.6 Å². The molecular formula is C22H28FN3O2. The summed E-state index contributed by atoms with van der Waals surface area (Å²) in [6.45, 7) is 3.86. The van der Waals surface area contributed by atoms with Gasteiger partial charge in [-0.3, -0.25) is 14.5 Å². The first-order valence-corrected chi connectivity index (χ1v) is 9.51. The Morgan fingerprint density at radius 1 is 1.11 bits per heavy atom. The molecule has 0 saturated heterocycles. The second kappa shape index (κ2) is 10.6.